The number of aromatic amines is 1. The molecular formula is C13H10N2O3. The topological polar surface area (TPSA) is 72.0 Å². The van der Waals surface area contributed by atoms with E-state index in [2.05, 4.69) is 26.5 Å². The molecule has 0 fully saturated rings. The van der Waals surface area contributed by atoms with Crippen LogP contribution in [0.1, 0.15) is 22.3 Å². The zero-order chi connectivity index (χ0) is 13.0. The first-order valence-corrected chi connectivity index (χ1v) is 5.22. The van der Waals surface area contributed by atoms with Crippen molar-refractivity contribution >= 4 is 23.3 Å². The first-order valence-electron chi connectivity index (χ1n) is 5.22. The van der Waals surface area contributed by atoms with Gasteiger partial charge in [-0.1, -0.05) is 11.8 Å². The summed E-state index contributed by atoms with van der Waals surface area (Å²) in [6.07, 6.45) is 3.96. The lowest BCUT2D eigenvalue weighted by Gasteiger charge is -1.93. The molecule has 5 nitrogen and oxygen atoms in total. The number of hydrogen-bond acceptors (Lipinski definition) is 4. The summed E-state index contributed by atoms with van der Waals surface area (Å²) in [5.41, 5.74) is 1.82. The number of nitrogens with zero attached hydrogens (tertiary/aromatic N) is 1. The Labute approximate surface area is 103 Å². The first-order chi connectivity index (χ1) is 8.74. The number of methoxy groups -OCH3 is 1. The largest absolute Gasteiger partial charge is 0.468 e. The second-order valence-electron chi connectivity index (χ2n) is 3.54. The minimum absolute atomic E-state index is 0.0300. The fraction of sp³-hybridized carbons (Fsp3) is 0.154. The maximum Gasteiger partial charge on any atom is 0.317 e. The van der Waals surface area contributed by atoms with Crippen LogP contribution in [0.15, 0.2) is 18.5 Å². The quantitative estimate of drug-likeness (QED) is 0.489. The number of hydrogen-bond donors (Lipinski definition) is 1. The molecule has 0 saturated carbocycles. The molecule has 5 heteroatoms. The van der Waals surface area contributed by atoms with Crippen molar-refractivity contribution in [3.05, 3.63) is 29.6 Å². The predicted octanol–water partition coefficient (Wildman–Crippen LogP) is 1.29. The van der Waals surface area contributed by atoms with Crippen molar-refractivity contribution in [2.24, 2.45) is 0 Å². The summed E-state index contributed by atoms with van der Waals surface area (Å²) >= 11 is 0. The Hall–Kier alpha value is -2.61. The van der Waals surface area contributed by atoms with E-state index in [-0.39, 0.29) is 12.4 Å². The second kappa shape index (κ2) is 5.15. The number of aldehydes is 1. The number of nitrogens with one attached hydrogen (secondary N) is 1. The van der Waals surface area contributed by atoms with Crippen molar-refractivity contribution in [2.45, 2.75) is 6.42 Å². The van der Waals surface area contributed by atoms with E-state index in [1.54, 1.807) is 18.5 Å². The predicted molar refractivity (Wildman–Crippen MR) is 65.0 cm³/mol. The van der Waals surface area contributed by atoms with Crippen LogP contribution in [0.2, 0.25) is 0 Å². The van der Waals surface area contributed by atoms with Gasteiger partial charge in [0.25, 0.3) is 0 Å². The first kappa shape index (κ1) is 11.9. The number of carbonyl (C=O) groups excluding carboxylic acids is 2. The van der Waals surface area contributed by atoms with Gasteiger partial charge in [-0.05, 0) is 6.07 Å². The Bertz CT molecular complexity index is 662. The van der Waals surface area contributed by atoms with E-state index in [4.69, 9.17) is 0 Å². The van der Waals surface area contributed by atoms with Crippen molar-refractivity contribution in [3.8, 4) is 11.8 Å². The van der Waals surface area contributed by atoms with Crippen LogP contribution >= 0.6 is 0 Å². The molecule has 0 spiro atoms. The highest BCUT2D eigenvalue weighted by atomic mass is 16.5. The van der Waals surface area contributed by atoms with Crippen LogP contribution in [0.3, 0.4) is 0 Å². The lowest BCUT2D eigenvalue weighted by molar-refractivity contribution is -0.139. The number of aromatic nitrogens is 2. The number of rotatable bonds is 2. The van der Waals surface area contributed by atoms with Crippen LogP contribution in [0.5, 0.6) is 0 Å². The molecule has 1 N–H and O–H groups in total. The normalized spacial score (nSPS) is 9.61. The SMILES string of the molecule is COC(=O)CC#Cc1cnc2[nH]cc(C=O)c2c1. The standard InChI is InChI=1S/C13H10N2O3/c1-18-12(17)4-2-3-9-5-11-10(8-16)7-15-13(11)14-6-9/h5-8H,4H2,1H3,(H,14,15). The van der Waals surface area contributed by atoms with Crippen LogP contribution in [0, 0.1) is 11.8 Å². The minimum Gasteiger partial charge on any atom is -0.468 e. The van der Waals surface area contributed by atoms with Crippen molar-refractivity contribution in [2.75, 3.05) is 7.11 Å². The lowest BCUT2D eigenvalue weighted by atomic mass is 10.2. The van der Waals surface area contributed by atoms with Gasteiger partial charge in [0.1, 0.15) is 12.1 Å². The summed E-state index contributed by atoms with van der Waals surface area (Å²) in [5.74, 6) is 5.10. The van der Waals surface area contributed by atoms with Crippen LogP contribution in [0.25, 0.3) is 11.0 Å². The van der Waals surface area contributed by atoms with Gasteiger partial charge in [0.2, 0.25) is 0 Å². The number of H-pyrrole nitrogens is 1. The number of fused-ring (bicyclic) bond motifs is 1. The smallest absolute Gasteiger partial charge is 0.317 e. The van der Waals surface area contributed by atoms with E-state index in [0.717, 1.165) is 11.7 Å². The Morgan fingerprint density at radius 1 is 1.61 bits per heavy atom. The third-order valence-electron chi connectivity index (χ3n) is 2.38. The molecule has 0 radical (unpaired) electrons. The minimum atomic E-state index is -0.383. The summed E-state index contributed by atoms with van der Waals surface area (Å²) in [6.45, 7) is 0. The summed E-state index contributed by atoms with van der Waals surface area (Å²) in [4.78, 5) is 28.7. The third kappa shape index (κ3) is 2.38. The number of ether oxygens (including phenoxy) is 1. The Kier molecular flexibility index (Phi) is 3.39. The van der Waals surface area contributed by atoms with Crippen molar-refractivity contribution < 1.29 is 14.3 Å². The molecule has 2 rings (SSSR count). The van der Waals surface area contributed by atoms with Gasteiger partial charge >= 0.3 is 5.97 Å². The second-order valence-corrected chi connectivity index (χ2v) is 3.54. The molecule has 18 heavy (non-hydrogen) atoms. The van der Waals surface area contributed by atoms with E-state index in [0.29, 0.717) is 16.8 Å². The maximum atomic E-state index is 10.9. The molecule has 2 heterocycles. The summed E-state index contributed by atoms with van der Waals surface area (Å²) in [7, 11) is 1.31. The average molecular weight is 242 g/mol. The molecule has 0 amide bonds. The van der Waals surface area contributed by atoms with Gasteiger partial charge in [0, 0.05) is 28.9 Å². The number of carbonyl (C=O) groups is 2. The highest BCUT2D eigenvalue weighted by molar-refractivity contribution is 5.96. The van der Waals surface area contributed by atoms with Crippen LogP contribution in [-0.2, 0) is 9.53 Å². The van der Waals surface area contributed by atoms with Crippen LogP contribution < -0.4 is 0 Å². The molecular weight excluding hydrogens is 232 g/mol. The third-order valence-corrected chi connectivity index (χ3v) is 2.38. The summed E-state index contributed by atoms with van der Waals surface area (Å²) < 4.78 is 4.47. The molecule has 0 saturated heterocycles. The Balaban J connectivity index is 2.29. The molecule has 2 aromatic rings. The van der Waals surface area contributed by atoms with Crippen molar-refractivity contribution in [3.63, 3.8) is 0 Å². The van der Waals surface area contributed by atoms with Crippen molar-refractivity contribution in [1.29, 1.82) is 0 Å². The zero-order valence-electron chi connectivity index (χ0n) is 9.69. The van der Waals surface area contributed by atoms with Gasteiger partial charge in [-0.15, -0.1) is 0 Å². The molecule has 0 atom stereocenters. The van der Waals surface area contributed by atoms with Crippen molar-refractivity contribution in [1.82, 2.24) is 9.97 Å². The molecule has 0 bridgehead atoms. The lowest BCUT2D eigenvalue weighted by Crippen LogP contribution is -1.97. The fourth-order valence-corrected chi connectivity index (χ4v) is 1.48. The highest BCUT2D eigenvalue weighted by Crippen LogP contribution is 2.15. The van der Waals surface area contributed by atoms with Gasteiger partial charge in [0.15, 0.2) is 6.29 Å². The molecule has 0 aliphatic heterocycles. The molecule has 0 unspecified atom stereocenters. The van der Waals surface area contributed by atoms with E-state index in [9.17, 15) is 9.59 Å². The average Bonchev–Trinajstić information content (AvgIpc) is 2.80. The monoisotopic (exact) mass is 242 g/mol. The van der Waals surface area contributed by atoms with E-state index in [1.807, 2.05) is 0 Å². The van der Waals surface area contributed by atoms with Gasteiger partial charge in [-0.3, -0.25) is 9.59 Å². The van der Waals surface area contributed by atoms with Crippen LogP contribution in [0.4, 0.5) is 0 Å². The molecule has 0 aliphatic rings. The summed E-state index contributed by atoms with van der Waals surface area (Å²) in [6, 6.07) is 1.76. The van der Waals surface area contributed by atoms with E-state index >= 15 is 0 Å². The molecule has 0 aromatic carbocycles. The van der Waals surface area contributed by atoms with E-state index < -0.39 is 0 Å². The zero-order valence-corrected chi connectivity index (χ0v) is 9.69. The highest BCUT2D eigenvalue weighted by Gasteiger charge is 2.03. The number of esters is 1. The van der Waals surface area contributed by atoms with Gasteiger partial charge in [-0.25, -0.2) is 4.98 Å². The Morgan fingerprint density at radius 3 is 3.17 bits per heavy atom. The van der Waals surface area contributed by atoms with Gasteiger partial charge in [-0.2, -0.15) is 0 Å². The molecule has 2 aromatic heterocycles. The maximum absolute atomic E-state index is 10.9. The summed E-state index contributed by atoms with van der Waals surface area (Å²) in [5, 5.41) is 0.717. The Morgan fingerprint density at radius 2 is 2.44 bits per heavy atom. The van der Waals surface area contributed by atoms with Crippen LogP contribution in [-0.4, -0.2) is 29.3 Å². The molecule has 0 aliphatic carbocycles. The van der Waals surface area contributed by atoms with Gasteiger partial charge < -0.3 is 9.72 Å². The fourth-order valence-electron chi connectivity index (χ4n) is 1.48. The van der Waals surface area contributed by atoms with Gasteiger partial charge in [0.05, 0.1) is 7.11 Å². The number of pyridine rings is 1. The van der Waals surface area contributed by atoms with E-state index in [1.165, 1.54) is 7.11 Å². The molecule has 90 valence electrons.